The van der Waals surface area contributed by atoms with Crippen LogP contribution in [0.2, 0.25) is 5.02 Å². The van der Waals surface area contributed by atoms with Crippen molar-refractivity contribution in [2.24, 2.45) is 0 Å². The average Bonchev–Trinajstić information content (AvgIpc) is 2.28. The van der Waals surface area contributed by atoms with E-state index in [9.17, 15) is 10.1 Å². The first-order valence-corrected chi connectivity index (χ1v) is 5.60. The van der Waals surface area contributed by atoms with E-state index in [-0.39, 0.29) is 5.69 Å². The molecule has 90 valence electrons. The quantitative estimate of drug-likeness (QED) is 0.367. The number of nitro benzene ring substituents is 1. The van der Waals surface area contributed by atoms with Gasteiger partial charge in [-0.3, -0.25) is 10.1 Å². The lowest BCUT2D eigenvalue weighted by Crippen LogP contribution is -2.15. The summed E-state index contributed by atoms with van der Waals surface area (Å²) in [5.41, 5.74) is 0.669. The minimum absolute atomic E-state index is 0.0823. The summed E-state index contributed by atoms with van der Waals surface area (Å²) in [7, 11) is 0. The van der Waals surface area contributed by atoms with Crippen LogP contribution in [-0.4, -0.2) is 11.5 Å². The molecule has 0 fully saturated rings. The Hall–Kier alpha value is -1.57. The van der Waals surface area contributed by atoms with Gasteiger partial charge in [-0.05, 0) is 25.1 Å². The Bertz CT molecular complexity index is 441. The molecular weight excluding hydrogens is 240 g/mol. The first-order valence-electron chi connectivity index (χ1n) is 5.22. The van der Waals surface area contributed by atoms with Crippen LogP contribution in [0, 0.1) is 22.5 Å². The molecule has 0 aliphatic carbocycles. The second-order valence-corrected chi connectivity index (χ2v) is 3.95. The molecule has 1 aromatic rings. The van der Waals surface area contributed by atoms with Gasteiger partial charge >= 0.3 is 0 Å². The van der Waals surface area contributed by atoms with Gasteiger partial charge in [-0.2, -0.15) is 0 Å². The number of unbranched alkanes of at least 4 members (excludes halogenated alkanes) is 1. The summed E-state index contributed by atoms with van der Waals surface area (Å²) in [4.78, 5) is 10.4. The van der Waals surface area contributed by atoms with Crippen LogP contribution in [0.4, 0.5) is 5.69 Å². The lowest BCUT2D eigenvalue weighted by Gasteiger charge is -2.05. The summed E-state index contributed by atoms with van der Waals surface area (Å²) in [6, 6.07) is 4.54. The van der Waals surface area contributed by atoms with Gasteiger partial charge < -0.3 is 5.32 Å². The van der Waals surface area contributed by atoms with Gasteiger partial charge in [0.05, 0.1) is 4.92 Å². The smallest absolute Gasteiger partial charge is 0.273 e. The Labute approximate surface area is 105 Å². The predicted octanol–water partition coefficient (Wildman–Crippen LogP) is 2.75. The molecule has 0 heterocycles. The molecule has 0 atom stereocenters. The van der Waals surface area contributed by atoms with Gasteiger partial charge in [0.1, 0.15) is 0 Å². The highest BCUT2D eigenvalue weighted by Gasteiger charge is 2.12. The van der Waals surface area contributed by atoms with Crippen molar-refractivity contribution in [2.75, 3.05) is 6.54 Å². The number of halogens is 1. The number of nitrogens with one attached hydrogen (secondary N) is 1. The Morgan fingerprint density at radius 2 is 2.29 bits per heavy atom. The summed E-state index contributed by atoms with van der Waals surface area (Å²) >= 11 is 5.81. The molecule has 0 spiro atoms. The molecule has 1 rings (SSSR count). The minimum Gasteiger partial charge on any atom is -0.312 e. The van der Waals surface area contributed by atoms with Crippen LogP contribution in [0.15, 0.2) is 18.2 Å². The summed E-state index contributed by atoms with van der Waals surface area (Å²) in [5.74, 6) is 2.54. The summed E-state index contributed by atoms with van der Waals surface area (Å²) in [6.07, 6.45) is 6.67. The number of hydrogen-bond donors (Lipinski definition) is 1. The van der Waals surface area contributed by atoms with Crippen molar-refractivity contribution in [2.45, 2.75) is 19.4 Å². The fourth-order valence-corrected chi connectivity index (χ4v) is 1.61. The topological polar surface area (TPSA) is 55.2 Å². The highest BCUT2D eigenvalue weighted by molar-refractivity contribution is 6.30. The van der Waals surface area contributed by atoms with E-state index in [2.05, 4.69) is 11.2 Å². The summed E-state index contributed by atoms with van der Waals surface area (Å²) in [5, 5.41) is 14.4. The van der Waals surface area contributed by atoms with Crippen LogP contribution in [0.5, 0.6) is 0 Å². The number of terminal acetylenes is 1. The lowest BCUT2D eigenvalue weighted by atomic mass is 10.2. The SMILES string of the molecule is C#CCCCNCc1cc(Cl)ccc1[N+](=O)[O-]. The lowest BCUT2D eigenvalue weighted by molar-refractivity contribution is -0.385. The Morgan fingerprint density at radius 1 is 1.53 bits per heavy atom. The van der Waals surface area contributed by atoms with E-state index in [1.165, 1.54) is 12.1 Å². The molecule has 17 heavy (non-hydrogen) atoms. The zero-order chi connectivity index (χ0) is 12.7. The second-order valence-electron chi connectivity index (χ2n) is 3.51. The minimum atomic E-state index is -0.408. The van der Waals surface area contributed by atoms with Gasteiger partial charge in [-0.15, -0.1) is 12.3 Å². The van der Waals surface area contributed by atoms with Gasteiger partial charge in [-0.1, -0.05) is 11.6 Å². The van der Waals surface area contributed by atoms with Gasteiger partial charge in [-0.25, -0.2) is 0 Å². The monoisotopic (exact) mass is 252 g/mol. The molecule has 1 N–H and O–H groups in total. The third kappa shape index (κ3) is 4.43. The van der Waals surface area contributed by atoms with Crippen LogP contribution in [0.1, 0.15) is 18.4 Å². The maximum atomic E-state index is 10.8. The van der Waals surface area contributed by atoms with Crippen molar-refractivity contribution in [3.8, 4) is 12.3 Å². The van der Waals surface area contributed by atoms with E-state index in [4.69, 9.17) is 18.0 Å². The van der Waals surface area contributed by atoms with Crippen LogP contribution in [-0.2, 0) is 6.54 Å². The van der Waals surface area contributed by atoms with E-state index in [0.29, 0.717) is 23.6 Å². The van der Waals surface area contributed by atoms with Gasteiger partial charge in [0.25, 0.3) is 5.69 Å². The van der Waals surface area contributed by atoms with Crippen molar-refractivity contribution >= 4 is 17.3 Å². The van der Waals surface area contributed by atoms with Crippen molar-refractivity contribution in [3.05, 3.63) is 38.9 Å². The molecule has 0 aliphatic rings. The Kier molecular flexibility index (Phi) is 5.47. The molecule has 1 aromatic carbocycles. The first kappa shape index (κ1) is 13.5. The molecular formula is C12H13ClN2O2. The van der Waals surface area contributed by atoms with Gasteiger partial charge in [0.2, 0.25) is 0 Å². The molecule has 0 saturated carbocycles. The molecule has 0 saturated heterocycles. The number of hydrogen-bond acceptors (Lipinski definition) is 3. The number of nitro groups is 1. The largest absolute Gasteiger partial charge is 0.312 e. The molecule has 0 amide bonds. The number of rotatable bonds is 6. The first-order chi connectivity index (χ1) is 8.15. The highest BCUT2D eigenvalue weighted by atomic mass is 35.5. The number of benzene rings is 1. The third-order valence-corrected chi connectivity index (χ3v) is 2.46. The molecule has 0 aromatic heterocycles. The van der Waals surface area contributed by atoms with Crippen LogP contribution in [0.3, 0.4) is 0 Å². The maximum Gasteiger partial charge on any atom is 0.273 e. The van der Waals surface area contributed by atoms with Crippen molar-refractivity contribution in [3.63, 3.8) is 0 Å². The standard InChI is InChI=1S/C12H13ClN2O2/c1-2-3-4-7-14-9-10-8-11(13)5-6-12(10)15(16)17/h1,5-6,8,14H,3-4,7,9H2. The van der Waals surface area contributed by atoms with Crippen LogP contribution in [0.25, 0.3) is 0 Å². The summed E-state index contributed by atoms with van der Waals surface area (Å²) in [6.45, 7) is 1.15. The second kappa shape index (κ2) is 6.89. The third-order valence-electron chi connectivity index (χ3n) is 2.23. The van der Waals surface area contributed by atoms with Crippen molar-refractivity contribution < 1.29 is 4.92 Å². The molecule has 0 aliphatic heterocycles. The predicted molar refractivity (Wildman–Crippen MR) is 67.9 cm³/mol. The molecule has 5 heteroatoms. The van der Waals surface area contributed by atoms with E-state index in [1.807, 2.05) is 0 Å². The zero-order valence-corrected chi connectivity index (χ0v) is 10.0. The highest BCUT2D eigenvalue weighted by Crippen LogP contribution is 2.22. The molecule has 0 bridgehead atoms. The molecule has 0 unspecified atom stereocenters. The van der Waals surface area contributed by atoms with E-state index < -0.39 is 4.92 Å². The van der Waals surface area contributed by atoms with E-state index in [1.54, 1.807) is 6.07 Å². The zero-order valence-electron chi connectivity index (χ0n) is 9.28. The van der Waals surface area contributed by atoms with Crippen molar-refractivity contribution in [1.29, 1.82) is 0 Å². The van der Waals surface area contributed by atoms with Gasteiger partial charge in [0.15, 0.2) is 0 Å². The maximum absolute atomic E-state index is 10.8. The summed E-state index contributed by atoms with van der Waals surface area (Å²) < 4.78 is 0. The molecule has 4 nitrogen and oxygen atoms in total. The van der Waals surface area contributed by atoms with Gasteiger partial charge in [0, 0.05) is 29.6 Å². The molecule has 0 radical (unpaired) electrons. The fourth-order valence-electron chi connectivity index (χ4n) is 1.41. The number of nitrogens with zero attached hydrogens (tertiary/aromatic N) is 1. The Morgan fingerprint density at radius 3 is 2.94 bits per heavy atom. The van der Waals surface area contributed by atoms with Crippen molar-refractivity contribution in [1.82, 2.24) is 5.32 Å². The van der Waals surface area contributed by atoms with E-state index >= 15 is 0 Å². The Balaban J connectivity index is 2.60. The normalized spacial score (nSPS) is 9.88. The van der Waals surface area contributed by atoms with Crippen LogP contribution >= 0.6 is 11.6 Å². The van der Waals surface area contributed by atoms with E-state index in [0.717, 1.165) is 13.0 Å². The van der Waals surface area contributed by atoms with Crippen LogP contribution < -0.4 is 5.32 Å². The fraction of sp³-hybridized carbons (Fsp3) is 0.333. The average molecular weight is 253 g/mol.